The summed E-state index contributed by atoms with van der Waals surface area (Å²) < 4.78 is 10.6. The van der Waals surface area contributed by atoms with Gasteiger partial charge in [-0.1, -0.05) is 35.9 Å². The molecule has 2 aromatic rings. The predicted octanol–water partition coefficient (Wildman–Crippen LogP) is 3.60. The van der Waals surface area contributed by atoms with E-state index in [1.54, 1.807) is 19.2 Å². The summed E-state index contributed by atoms with van der Waals surface area (Å²) in [4.78, 5) is 12.6. The van der Waals surface area contributed by atoms with Gasteiger partial charge >= 0.3 is 5.97 Å². The molecule has 2 aliphatic rings. The summed E-state index contributed by atoms with van der Waals surface area (Å²) in [6, 6.07) is 12.8. The minimum Gasteiger partial charge on any atom is -0.504 e. The molecule has 0 bridgehead atoms. The Morgan fingerprint density at radius 3 is 2.71 bits per heavy atom. The lowest BCUT2D eigenvalue weighted by Gasteiger charge is -2.50. The summed E-state index contributed by atoms with van der Waals surface area (Å²) in [5, 5.41) is 17.0. The van der Waals surface area contributed by atoms with Crippen molar-refractivity contribution in [3.8, 4) is 11.5 Å². The number of halogens is 1. The highest BCUT2D eigenvalue weighted by atomic mass is 35.5. The molecule has 2 aromatic carbocycles. The fraction of sp³-hybridized carbons (Fsp3) is 0.348. The van der Waals surface area contributed by atoms with Gasteiger partial charge in [0.1, 0.15) is 6.17 Å². The average Bonchev–Trinajstić information content (AvgIpc) is 3.19. The number of carbonyl (C=O) groups is 1. The number of ether oxygens (including phenoxy) is 2. The van der Waals surface area contributed by atoms with E-state index in [4.69, 9.17) is 21.1 Å². The Balaban J connectivity index is 1.78. The van der Waals surface area contributed by atoms with Crippen LogP contribution in [0.5, 0.6) is 11.5 Å². The molecule has 0 spiro atoms. The topological polar surface area (TPSA) is 83.1 Å². The quantitative estimate of drug-likeness (QED) is 0.609. The largest absolute Gasteiger partial charge is 0.504 e. The first-order valence-electron chi connectivity index (χ1n) is 10.2. The third kappa shape index (κ3) is 3.73. The maximum Gasteiger partial charge on any atom is 0.338 e. The van der Waals surface area contributed by atoms with E-state index >= 15 is 0 Å². The molecule has 2 heterocycles. The summed E-state index contributed by atoms with van der Waals surface area (Å²) in [6.07, 6.45) is 1.84. The zero-order chi connectivity index (χ0) is 22.2. The smallest absolute Gasteiger partial charge is 0.338 e. The van der Waals surface area contributed by atoms with E-state index in [0.717, 1.165) is 5.56 Å². The van der Waals surface area contributed by atoms with E-state index < -0.39 is 11.7 Å². The number of hydrogen-bond acceptors (Lipinski definition) is 7. The molecule has 7 nitrogen and oxygen atoms in total. The lowest BCUT2D eigenvalue weighted by Crippen LogP contribution is -2.63. The molecule has 164 valence electrons. The SMILES string of the molecule is CCOC(=O)C1=CNN2C1NC(c1cccc(OC)c1O)CC2(C)c1ccc(Cl)cc1. The third-order valence-electron chi connectivity index (χ3n) is 6.01. The highest BCUT2D eigenvalue weighted by Crippen LogP contribution is 2.46. The van der Waals surface area contributed by atoms with Crippen molar-refractivity contribution in [1.29, 1.82) is 0 Å². The predicted molar refractivity (Wildman–Crippen MR) is 117 cm³/mol. The van der Waals surface area contributed by atoms with Gasteiger partial charge in [0.15, 0.2) is 11.5 Å². The maximum absolute atomic E-state index is 12.6. The second-order valence-electron chi connectivity index (χ2n) is 7.82. The molecule has 4 rings (SSSR count). The Morgan fingerprint density at radius 2 is 2.03 bits per heavy atom. The van der Waals surface area contributed by atoms with Gasteiger partial charge < -0.3 is 20.0 Å². The Hall–Kier alpha value is -2.74. The van der Waals surface area contributed by atoms with Gasteiger partial charge in [0.25, 0.3) is 0 Å². The number of hydrogen-bond donors (Lipinski definition) is 3. The van der Waals surface area contributed by atoms with Gasteiger partial charge in [0.05, 0.1) is 24.8 Å². The molecule has 2 aliphatic heterocycles. The highest BCUT2D eigenvalue weighted by Gasteiger charge is 2.50. The lowest BCUT2D eigenvalue weighted by atomic mass is 9.80. The number of carbonyl (C=O) groups excluding carboxylic acids is 1. The van der Waals surface area contributed by atoms with E-state index in [1.165, 1.54) is 7.11 Å². The fourth-order valence-corrected chi connectivity index (χ4v) is 4.53. The number of nitrogens with one attached hydrogen (secondary N) is 2. The second kappa shape index (κ2) is 8.42. The number of hydrazine groups is 1. The first-order valence-corrected chi connectivity index (χ1v) is 10.6. The maximum atomic E-state index is 12.6. The van der Waals surface area contributed by atoms with Gasteiger partial charge in [-0.05, 0) is 44.0 Å². The molecule has 0 amide bonds. The van der Waals surface area contributed by atoms with Crippen LogP contribution in [0.25, 0.3) is 0 Å². The Bertz CT molecular complexity index is 1010. The van der Waals surface area contributed by atoms with E-state index in [2.05, 4.69) is 17.7 Å². The normalized spacial score (nSPS) is 25.4. The molecule has 3 atom stereocenters. The molecule has 31 heavy (non-hydrogen) atoms. The average molecular weight is 444 g/mol. The van der Waals surface area contributed by atoms with Gasteiger partial charge in [-0.15, -0.1) is 0 Å². The molecule has 3 N–H and O–H groups in total. The summed E-state index contributed by atoms with van der Waals surface area (Å²) in [5.41, 5.74) is 4.94. The van der Waals surface area contributed by atoms with Crippen LogP contribution in [0.4, 0.5) is 0 Å². The molecule has 8 heteroatoms. The molecule has 0 aliphatic carbocycles. The molecular weight excluding hydrogens is 418 g/mol. The number of esters is 1. The van der Waals surface area contributed by atoms with Gasteiger partial charge in [-0.2, -0.15) is 5.01 Å². The van der Waals surface area contributed by atoms with E-state index in [1.807, 2.05) is 41.4 Å². The Labute approximate surface area is 186 Å². The van der Waals surface area contributed by atoms with Crippen molar-refractivity contribution in [2.24, 2.45) is 0 Å². The van der Waals surface area contributed by atoms with E-state index in [-0.39, 0.29) is 24.4 Å². The van der Waals surface area contributed by atoms with Crippen molar-refractivity contribution < 1.29 is 19.4 Å². The van der Waals surface area contributed by atoms with Crippen LogP contribution in [0.1, 0.15) is 37.4 Å². The zero-order valence-corrected chi connectivity index (χ0v) is 18.4. The van der Waals surface area contributed by atoms with Crippen molar-refractivity contribution in [3.63, 3.8) is 0 Å². The van der Waals surface area contributed by atoms with Crippen LogP contribution < -0.4 is 15.5 Å². The highest BCUT2D eigenvalue weighted by molar-refractivity contribution is 6.30. The third-order valence-corrected chi connectivity index (χ3v) is 6.26. The van der Waals surface area contributed by atoms with Gasteiger partial charge in [-0.25, -0.2) is 4.79 Å². The number of methoxy groups -OCH3 is 1. The lowest BCUT2D eigenvalue weighted by molar-refractivity contribution is -0.140. The molecule has 0 saturated carbocycles. The van der Waals surface area contributed by atoms with Gasteiger partial charge in [-0.3, -0.25) is 5.32 Å². The number of phenolic OH excluding ortho intramolecular Hbond substituents is 1. The van der Waals surface area contributed by atoms with Crippen LogP contribution in [0.2, 0.25) is 5.02 Å². The number of nitrogens with zero attached hydrogens (tertiary/aromatic N) is 1. The first-order chi connectivity index (χ1) is 14.9. The standard InChI is InChI=1S/C23H26ClN3O4/c1-4-31-22(29)17-13-25-27-21(17)26-18(16-6-5-7-19(30-3)20(16)28)12-23(27,2)14-8-10-15(24)11-9-14/h5-11,13,18,21,25-26,28H,4,12H2,1-3H3. The molecule has 1 saturated heterocycles. The number of fused-ring (bicyclic) bond motifs is 1. The molecule has 0 aromatic heterocycles. The zero-order valence-electron chi connectivity index (χ0n) is 17.7. The van der Waals surface area contributed by atoms with Crippen LogP contribution in [0.3, 0.4) is 0 Å². The van der Waals surface area contributed by atoms with Crippen LogP contribution in [0, 0.1) is 0 Å². The summed E-state index contributed by atoms with van der Waals surface area (Å²) >= 11 is 6.13. The van der Waals surface area contributed by atoms with Crippen LogP contribution >= 0.6 is 11.6 Å². The van der Waals surface area contributed by atoms with Gasteiger partial charge in [0.2, 0.25) is 0 Å². The number of para-hydroxylation sites is 1. The number of benzene rings is 2. The van der Waals surface area contributed by atoms with E-state index in [0.29, 0.717) is 28.3 Å². The monoisotopic (exact) mass is 443 g/mol. The second-order valence-corrected chi connectivity index (χ2v) is 8.26. The minimum absolute atomic E-state index is 0.0852. The van der Waals surface area contributed by atoms with Crippen molar-refractivity contribution in [1.82, 2.24) is 15.8 Å². The van der Waals surface area contributed by atoms with Crippen molar-refractivity contribution >= 4 is 17.6 Å². The molecule has 0 radical (unpaired) electrons. The molecule has 1 fully saturated rings. The fourth-order valence-electron chi connectivity index (χ4n) is 4.40. The molecular formula is C23H26ClN3O4. The van der Waals surface area contributed by atoms with Crippen molar-refractivity contribution in [2.45, 2.75) is 38.0 Å². The number of rotatable bonds is 5. The summed E-state index contributed by atoms with van der Waals surface area (Å²) in [7, 11) is 1.52. The van der Waals surface area contributed by atoms with Crippen LogP contribution in [0.15, 0.2) is 54.2 Å². The van der Waals surface area contributed by atoms with Crippen LogP contribution in [-0.4, -0.2) is 36.0 Å². The number of phenols is 1. The molecule has 3 unspecified atom stereocenters. The number of aromatic hydroxyl groups is 1. The summed E-state index contributed by atoms with van der Waals surface area (Å²) in [6.45, 7) is 4.17. The van der Waals surface area contributed by atoms with E-state index in [9.17, 15) is 9.90 Å². The Morgan fingerprint density at radius 1 is 1.29 bits per heavy atom. The first kappa shape index (κ1) is 21.5. The summed E-state index contributed by atoms with van der Waals surface area (Å²) in [5.74, 6) is 0.103. The van der Waals surface area contributed by atoms with Crippen LogP contribution in [-0.2, 0) is 15.1 Å². The van der Waals surface area contributed by atoms with Crippen molar-refractivity contribution in [2.75, 3.05) is 13.7 Å². The Kier molecular flexibility index (Phi) is 5.83. The van der Waals surface area contributed by atoms with Gasteiger partial charge in [0, 0.05) is 22.8 Å². The minimum atomic E-state index is -0.522. The van der Waals surface area contributed by atoms with Crippen molar-refractivity contribution in [3.05, 3.63) is 70.4 Å².